The number of nitrogens with zero attached hydrogens (tertiary/aromatic N) is 3. The molecule has 0 bridgehead atoms. The molecule has 0 saturated carbocycles. The van der Waals surface area contributed by atoms with Gasteiger partial charge in [-0.2, -0.15) is 0 Å². The van der Waals surface area contributed by atoms with Crippen molar-refractivity contribution >= 4 is 17.0 Å². The molecule has 0 aromatic carbocycles. The lowest BCUT2D eigenvalue weighted by Gasteiger charge is -2.09. The zero-order chi connectivity index (χ0) is 13.2. The summed E-state index contributed by atoms with van der Waals surface area (Å²) in [5.41, 5.74) is 1.81. The number of rotatable bonds is 4. The van der Waals surface area contributed by atoms with Gasteiger partial charge >= 0.3 is 0 Å². The first-order valence-electron chi connectivity index (χ1n) is 6.87. The summed E-state index contributed by atoms with van der Waals surface area (Å²) in [6, 6.07) is 4.05. The monoisotopic (exact) mass is 260 g/mol. The van der Waals surface area contributed by atoms with Crippen LogP contribution in [0.3, 0.4) is 0 Å². The summed E-state index contributed by atoms with van der Waals surface area (Å²) >= 11 is 0. The van der Waals surface area contributed by atoms with Crippen LogP contribution in [-0.2, 0) is 11.2 Å². The van der Waals surface area contributed by atoms with Crippen LogP contribution in [0.2, 0.25) is 0 Å². The van der Waals surface area contributed by atoms with Crippen LogP contribution >= 0.6 is 0 Å². The molecule has 3 rings (SSSR count). The fourth-order valence-electron chi connectivity index (χ4n) is 2.47. The van der Waals surface area contributed by atoms with Crippen molar-refractivity contribution < 1.29 is 4.74 Å². The molecule has 1 saturated heterocycles. The van der Waals surface area contributed by atoms with E-state index in [1.165, 1.54) is 12.8 Å². The molecule has 5 nitrogen and oxygen atoms in total. The Morgan fingerprint density at radius 2 is 2.26 bits per heavy atom. The molecule has 0 aliphatic carbocycles. The van der Waals surface area contributed by atoms with E-state index in [0.717, 1.165) is 42.3 Å². The highest BCUT2D eigenvalue weighted by molar-refractivity contribution is 5.73. The van der Waals surface area contributed by atoms with Crippen LogP contribution in [0.5, 0.6) is 0 Å². The Morgan fingerprint density at radius 1 is 1.37 bits per heavy atom. The van der Waals surface area contributed by atoms with Gasteiger partial charge in [-0.1, -0.05) is 0 Å². The molecule has 0 amide bonds. The molecule has 0 spiro atoms. The van der Waals surface area contributed by atoms with Crippen molar-refractivity contribution in [2.75, 3.05) is 25.6 Å². The second-order valence-corrected chi connectivity index (χ2v) is 5.29. The smallest absolute Gasteiger partial charge is 0.179 e. The summed E-state index contributed by atoms with van der Waals surface area (Å²) < 4.78 is 5.64. The van der Waals surface area contributed by atoms with Crippen LogP contribution in [0.25, 0.3) is 11.2 Å². The lowest BCUT2D eigenvalue weighted by molar-refractivity contribution is 0.104. The molecule has 1 fully saturated rings. The summed E-state index contributed by atoms with van der Waals surface area (Å²) in [5, 5.41) is 0. The first kappa shape index (κ1) is 12.4. The van der Waals surface area contributed by atoms with Gasteiger partial charge in [-0.25, -0.2) is 9.97 Å². The van der Waals surface area contributed by atoms with Gasteiger partial charge in [0, 0.05) is 27.1 Å². The van der Waals surface area contributed by atoms with E-state index < -0.39 is 0 Å². The third-order valence-electron chi connectivity index (χ3n) is 3.57. The summed E-state index contributed by atoms with van der Waals surface area (Å²) in [5.74, 6) is 1.94. The van der Waals surface area contributed by atoms with Crippen molar-refractivity contribution in [1.29, 1.82) is 0 Å². The van der Waals surface area contributed by atoms with E-state index in [1.807, 2.05) is 31.1 Å². The fraction of sp³-hybridized carbons (Fsp3) is 0.571. The zero-order valence-electron chi connectivity index (χ0n) is 11.5. The lowest BCUT2D eigenvalue weighted by atomic mass is 10.1. The molecule has 1 unspecified atom stereocenters. The fourth-order valence-corrected chi connectivity index (χ4v) is 2.47. The number of H-pyrrole nitrogens is 1. The van der Waals surface area contributed by atoms with Crippen molar-refractivity contribution in [2.24, 2.45) is 0 Å². The number of pyridine rings is 1. The first-order valence-corrected chi connectivity index (χ1v) is 6.87. The molecule has 3 heterocycles. The summed E-state index contributed by atoms with van der Waals surface area (Å²) in [6.45, 7) is 0.915. The minimum Gasteiger partial charge on any atom is -0.378 e. The molecule has 5 heteroatoms. The molecule has 2 aromatic rings. The van der Waals surface area contributed by atoms with E-state index >= 15 is 0 Å². The molecule has 0 radical (unpaired) electrons. The number of aromatic nitrogens is 3. The molecule has 19 heavy (non-hydrogen) atoms. The summed E-state index contributed by atoms with van der Waals surface area (Å²) in [6.07, 6.45) is 4.76. The van der Waals surface area contributed by atoms with Gasteiger partial charge in [-0.3, -0.25) is 0 Å². The van der Waals surface area contributed by atoms with E-state index in [0.29, 0.717) is 6.10 Å². The van der Waals surface area contributed by atoms with Crippen molar-refractivity contribution in [3.63, 3.8) is 0 Å². The van der Waals surface area contributed by atoms with Crippen molar-refractivity contribution in [3.8, 4) is 0 Å². The van der Waals surface area contributed by atoms with E-state index in [1.54, 1.807) is 0 Å². The Bertz CT molecular complexity index is 558. The average Bonchev–Trinajstić information content (AvgIpc) is 3.04. The number of aromatic amines is 1. The molecular formula is C14H20N4O. The maximum absolute atomic E-state index is 5.64. The number of aryl methyl sites for hydroxylation is 1. The minimum atomic E-state index is 0.415. The van der Waals surface area contributed by atoms with E-state index in [4.69, 9.17) is 4.74 Å². The molecule has 1 aliphatic heterocycles. The van der Waals surface area contributed by atoms with Crippen LogP contribution in [0.4, 0.5) is 5.82 Å². The van der Waals surface area contributed by atoms with Gasteiger partial charge in [0.15, 0.2) is 5.65 Å². The lowest BCUT2D eigenvalue weighted by Crippen LogP contribution is -2.10. The normalized spacial score (nSPS) is 19.2. The maximum Gasteiger partial charge on any atom is 0.179 e. The number of hydrogen-bond acceptors (Lipinski definition) is 4. The Morgan fingerprint density at radius 3 is 3.00 bits per heavy atom. The van der Waals surface area contributed by atoms with Gasteiger partial charge in [0.25, 0.3) is 0 Å². The van der Waals surface area contributed by atoms with E-state index in [9.17, 15) is 0 Å². The van der Waals surface area contributed by atoms with Gasteiger partial charge in [-0.05, 0) is 31.4 Å². The van der Waals surface area contributed by atoms with Crippen LogP contribution in [-0.4, -0.2) is 41.8 Å². The Balaban J connectivity index is 1.73. The highest BCUT2D eigenvalue weighted by Crippen LogP contribution is 2.19. The molecule has 2 aromatic heterocycles. The molecule has 1 aliphatic rings. The molecule has 1 atom stereocenters. The minimum absolute atomic E-state index is 0.415. The van der Waals surface area contributed by atoms with Crippen LogP contribution < -0.4 is 4.90 Å². The first-order chi connectivity index (χ1) is 9.22. The number of anilines is 1. The van der Waals surface area contributed by atoms with Gasteiger partial charge in [-0.15, -0.1) is 0 Å². The second-order valence-electron chi connectivity index (χ2n) is 5.29. The largest absolute Gasteiger partial charge is 0.378 e. The van der Waals surface area contributed by atoms with Crippen LogP contribution in [0.1, 0.15) is 25.1 Å². The quantitative estimate of drug-likeness (QED) is 0.915. The number of ether oxygens (including phenoxy) is 1. The maximum atomic E-state index is 5.64. The standard InChI is InChI=1S/C14H20N4O/c1-18(2)13-8-6-11-14(17-13)16-12(15-11)7-5-10-4-3-9-19-10/h6,8,10H,3-5,7,9H2,1-2H3,(H,15,16,17). The summed E-state index contributed by atoms with van der Waals surface area (Å²) in [7, 11) is 3.97. The Labute approximate surface area is 113 Å². The number of nitrogens with one attached hydrogen (secondary N) is 1. The van der Waals surface area contributed by atoms with Gasteiger partial charge < -0.3 is 14.6 Å². The molecular weight excluding hydrogens is 240 g/mol. The predicted octanol–water partition coefficient (Wildman–Crippen LogP) is 2.14. The van der Waals surface area contributed by atoms with Gasteiger partial charge in [0.2, 0.25) is 0 Å². The van der Waals surface area contributed by atoms with Crippen LogP contribution in [0, 0.1) is 0 Å². The van der Waals surface area contributed by atoms with E-state index in [2.05, 4.69) is 15.0 Å². The SMILES string of the molecule is CN(C)c1ccc2[nH]c(CCC3CCCO3)nc2n1. The second kappa shape index (κ2) is 5.17. The zero-order valence-corrected chi connectivity index (χ0v) is 11.5. The van der Waals surface area contributed by atoms with Crippen molar-refractivity contribution in [2.45, 2.75) is 31.8 Å². The number of imidazole rings is 1. The highest BCUT2D eigenvalue weighted by Gasteiger charge is 2.16. The summed E-state index contributed by atoms with van der Waals surface area (Å²) in [4.78, 5) is 14.4. The predicted molar refractivity (Wildman–Crippen MR) is 75.5 cm³/mol. The topological polar surface area (TPSA) is 54.0 Å². The number of fused-ring (bicyclic) bond motifs is 1. The Hall–Kier alpha value is -1.62. The average molecular weight is 260 g/mol. The van der Waals surface area contributed by atoms with Gasteiger partial charge in [0.05, 0.1) is 11.6 Å². The molecule has 1 N–H and O–H groups in total. The molecule has 102 valence electrons. The van der Waals surface area contributed by atoms with Crippen molar-refractivity contribution in [3.05, 3.63) is 18.0 Å². The third kappa shape index (κ3) is 2.71. The van der Waals surface area contributed by atoms with E-state index in [-0.39, 0.29) is 0 Å². The Kier molecular flexibility index (Phi) is 3.38. The third-order valence-corrected chi connectivity index (χ3v) is 3.57. The number of hydrogen-bond donors (Lipinski definition) is 1. The highest BCUT2D eigenvalue weighted by atomic mass is 16.5. The van der Waals surface area contributed by atoms with Crippen LogP contribution in [0.15, 0.2) is 12.1 Å². The van der Waals surface area contributed by atoms with Gasteiger partial charge in [0.1, 0.15) is 11.6 Å². The van der Waals surface area contributed by atoms with Crippen molar-refractivity contribution in [1.82, 2.24) is 15.0 Å².